The van der Waals surface area contributed by atoms with Crippen molar-refractivity contribution in [3.63, 3.8) is 0 Å². The molecule has 2 aromatic carbocycles. The number of hydrogen-bond donors (Lipinski definition) is 1. The van der Waals surface area contributed by atoms with Gasteiger partial charge in [-0.25, -0.2) is 9.97 Å². The fourth-order valence-electron chi connectivity index (χ4n) is 2.26. The molecule has 1 aromatic heterocycles. The first-order chi connectivity index (χ1) is 10.3. The highest BCUT2D eigenvalue weighted by atomic mass is 15.1. The Morgan fingerprint density at radius 1 is 1.05 bits per heavy atom. The van der Waals surface area contributed by atoms with Crippen molar-refractivity contribution in [3.8, 4) is 11.3 Å². The van der Waals surface area contributed by atoms with E-state index in [0.717, 1.165) is 17.7 Å². The summed E-state index contributed by atoms with van der Waals surface area (Å²) in [7, 11) is 0. The van der Waals surface area contributed by atoms with E-state index in [0.29, 0.717) is 12.0 Å². The first kappa shape index (κ1) is 13.6. The Bertz CT molecular complexity index is 752. The summed E-state index contributed by atoms with van der Waals surface area (Å²) >= 11 is 0. The number of hydrogen-bond acceptors (Lipinski definition) is 3. The summed E-state index contributed by atoms with van der Waals surface area (Å²) in [5.41, 5.74) is 2.06. The van der Waals surface area contributed by atoms with Crippen LogP contribution in [0.3, 0.4) is 0 Å². The van der Waals surface area contributed by atoms with Crippen LogP contribution in [0, 0.1) is 0 Å². The third-order valence-electron chi connectivity index (χ3n) is 3.69. The fraction of sp³-hybridized carbons (Fsp3) is 0.222. The van der Waals surface area contributed by atoms with Crippen molar-refractivity contribution in [2.45, 2.75) is 26.3 Å². The Labute approximate surface area is 125 Å². The van der Waals surface area contributed by atoms with E-state index >= 15 is 0 Å². The van der Waals surface area contributed by atoms with E-state index in [2.05, 4.69) is 71.6 Å². The van der Waals surface area contributed by atoms with Gasteiger partial charge in [0.05, 0.1) is 5.69 Å². The second-order valence-corrected chi connectivity index (χ2v) is 5.28. The van der Waals surface area contributed by atoms with Crippen LogP contribution in [0.15, 0.2) is 54.7 Å². The number of nitrogens with one attached hydrogen (secondary N) is 1. The second-order valence-electron chi connectivity index (χ2n) is 5.28. The van der Waals surface area contributed by atoms with Gasteiger partial charge in [-0.05, 0) is 36.2 Å². The molecule has 1 heterocycles. The van der Waals surface area contributed by atoms with E-state index in [1.807, 2.05) is 12.3 Å². The molecule has 3 nitrogen and oxygen atoms in total. The number of rotatable bonds is 4. The zero-order valence-corrected chi connectivity index (χ0v) is 12.4. The molecule has 0 bridgehead atoms. The quantitative estimate of drug-likeness (QED) is 0.762. The highest BCUT2D eigenvalue weighted by Crippen LogP contribution is 2.23. The molecule has 0 spiro atoms. The molecular weight excluding hydrogens is 258 g/mol. The van der Waals surface area contributed by atoms with Crippen molar-refractivity contribution in [2.24, 2.45) is 0 Å². The SMILES string of the molecule is CCC(C)Nc1nccc(-c2ccc3ccccc3c2)n1. The van der Waals surface area contributed by atoms with Gasteiger partial charge in [-0.15, -0.1) is 0 Å². The lowest BCUT2D eigenvalue weighted by atomic mass is 10.1. The topological polar surface area (TPSA) is 37.8 Å². The largest absolute Gasteiger partial charge is 0.352 e. The minimum atomic E-state index is 0.372. The third-order valence-corrected chi connectivity index (χ3v) is 3.69. The van der Waals surface area contributed by atoms with E-state index in [-0.39, 0.29) is 0 Å². The van der Waals surface area contributed by atoms with Crippen LogP contribution in [0.2, 0.25) is 0 Å². The van der Waals surface area contributed by atoms with Gasteiger partial charge in [0, 0.05) is 17.8 Å². The van der Waals surface area contributed by atoms with Crippen LogP contribution >= 0.6 is 0 Å². The van der Waals surface area contributed by atoms with Crippen LogP contribution in [0.5, 0.6) is 0 Å². The maximum atomic E-state index is 4.62. The number of aromatic nitrogens is 2. The fourth-order valence-corrected chi connectivity index (χ4v) is 2.26. The van der Waals surface area contributed by atoms with E-state index in [1.54, 1.807) is 0 Å². The van der Waals surface area contributed by atoms with E-state index in [1.165, 1.54) is 10.8 Å². The van der Waals surface area contributed by atoms with Gasteiger partial charge in [-0.1, -0.05) is 43.3 Å². The Morgan fingerprint density at radius 3 is 2.67 bits per heavy atom. The predicted octanol–water partition coefficient (Wildman–Crippen LogP) is 4.51. The summed E-state index contributed by atoms with van der Waals surface area (Å²) in [5, 5.41) is 5.79. The van der Waals surface area contributed by atoms with Crippen LogP contribution < -0.4 is 5.32 Å². The summed E-state index contributed by atoms with van der Waals surface area (Å²) in [6, 6.07) is 17.1. The molecule has 3 rings (SSSR count). The van der Waals surface area contributed by atoms with Crippen molar-refractivity contribution in [2.75, 3.05) is 5.32 Å². The molecule has 0 aliphatic heterocycles. The van der Waals surface area contributed by atoms with E-state index in [9.17, 15) is 0 Å². The zero-order valence-electron chi connectivity index (χ0n) is 12.4. The standard InChI is InChI=1S/C18H19N3/c1-3-13(2)20-18-19-11-10-17(21-18)16-9-8-14-6-4-5-7-15(14)12-16/h4-13H,3H2,1-2H3,(H,19,20,21). The highest BCUT2D eigenvalue weighted by molar-refractivity contribution is 5.86. The van der Waals surface area contributed by atoms with Gasteiger partial charge in [0.15, 0.2) is 0 Å². The number of nitrogens with zero attached hydrogens (tertiary/aromatic N) is 2. The molecule has 106 valence electrons. The molecule has 1 atom stereocenters. The van der Waals surface area contributed by atoms with Crippen molar-refractivity contribution in [1.82, 2.24) is 9.97 Å². The molecule has 3 aromatic rings. The minimum Gasteiger partial charge on any atom is -0.352 e. The van der Waals surface area contributed by atoms with Gasteiger partial charge in [0.1, 0.15) is 0 Å². The molecule has 0 aliphatic rings. The van der Waals surface area contributed by atoms with Gasteiger partial charge in [0.2, 0.25) is 5.95 Å². The van der Waals surface area contributed by atoms with Crippen LogP contribution in [0.1, 0.15) is 20.3 Å². The van der Waals surface area contributed by atoms with Crippen molar-refractivity contribution < 1.29 is 0 Å². The maximum Gasteiger partial charge on any atom is 0.223 e. The summed E-state index contributed by atoms with van der Waals surface area (Å²) in [5.74, 6) is 0.690. The molecule has 0 aliphatic carbocycles. The average Bonchev–Trinajstić information content (AvgIpc) is 2.54. The Kier molecular flexibility index (Phi) is 3.82. The minimum absolute atomic E-state index is 0.372. The van der Waals surface area contributed by atoms with Crippen molar-refractivity contribution in [1.29, 1.82) is 0 Å². The van der Waals surface area contributed by atoms with Crippen LogP contribution in [0.4, 0.5) is 5.95 Å². The number of benzene rings is 2. The van der Waals surface area contributed by atoms with Crippen molar-refractivity contribution in [3.05, 3.63) is 54.7 Å². The lowest BCUT2D eigenvalue weighted by Gasteiger charge is -2.12. The van der Waals surface area contributed by atoms with E-state index in [4.69, 9.17) is 0 Å². The van der Waals surface area contributed by atoms with Crippen LogP contribution in [-0.2, 0) is 0 Å². The Morgan fingerprint density at radius 2 is 1.86 bits per heavy atom. The molecule has 21 heavy (non-hydrogen) atoms. The van der Waals surface area contributed by atoms with Gasteiger partial charge < -0.3 is 5.32 Å². The Balaban J connectivity index is 1.96. The lowest BCUT2D eigenvalue weighted by Crippen LogP contribution is -2.15. The highest BCUT2D eigenvalue weighted by Gasteiger charge is 2.05. The molecule has 1 unspecified atom stereocenters. The van der Waals surface area contributed by atoms with Gasteiger partial charge >= 0.3 is 0 Å². The van der Waals surface area contributed by atoms with Gasteiger partial charge in [-0.2, -0.15) is 0 Å². The van der Waals surface area contributed by atoms with E-state index < -0.39 is 0 Å². The predicted molar refractivity (Wildman–Crippen MR) is 88.3 cm³/mol. The lowest BCUT2D eigenvalue weighted by molar-refractivity contribution is 0.753. The van der Waals surface area contributed by atoms with Crippen molar-refractivity contribution >= 4 is 16.7 Å². The summed E-state index contributed by atoms with van der Waals surface area (Å²) in [4.78, 5) is 8.91. The molecule has 1 N–H and O–H groups in total. The molecular formula is C18H19N3. The summed E-state index contributed by atoms with van der Waals surface area (Å²) < 4.78 is 0. The first-order valence-electron chi connectivity index (χ1n) is 7.35. The molecule has 0 saturated carbocycles. The van der Waals surface area contributed by atoms with Crippen LogP contribution in [0.25, 0.3) is 22.0 Å². The smallest absolute Gasteiger partial charge is 0.223 e. The first-order valence-corrected chi connectivity index (χ1v) is 7.35. The van der Waals surface area contributed by atoms with Gasteiger partial charge in [-0.3, -0.25) is 0 Å². The Hall–Kier alpha value is -2.42. The molecule has 0 amide bonds. The maximum absolute atomic E-state index is 4.62. The normalized spacial score (nSPS) is 12.3. The average molecular weight is 277 g/mol. The number of fused-ring (bicyclic) bond motifs is 1. The third kappa shape index (κ3) is 3.02. The van der Waals surface area contributed by atoms with Gasteiger partial charge in [0.25, 0.3) is 0 Å². The van der Waals surface area contributed by atoms with Crippen LogP contribution in [-0.4, -0.2) is 16.0 Å². The molecule has 3 heteroatoms. The monoisotopic (exact) mass is 277 g/mol. The summed E-state index contributed by atoms with van der Waals surface area (Å²) in [6.45, 7) is 4.27. The second kappa shape index (κ2) is 5.92. The number of anilines is 1. The molecule has 0 saturated heterocycles. The molecule has 0 radical (unpaired) electrons. The molecule has 0 fully saturated rings. The summed E-state index contributed by atoms with van der Waals surface area (Å²) in [6.07, 6.45) is 2.85. The zero-order chi connectivity index (χ0) is 14.7.